The summed E-state index contributed by atoms with van der Waals surface area (Å²) in [4.78, 5) is 0. The Kier molecular flexibility index (Phi) is 4.63. The molecule has 0 aliphatic carbocycles. The lowest BCUT2D eigenvalue weighted by Gasteiger charge is -2.18. The summed E-state index contributed by atoms with van der Waals surface area (Å²) in [6.45, 7) is 0. The van der Waals surface area contributed by atoms with Crippen LogP contribution in [0.1, 0.15) is 0 Å². The summed E-state index contributed by atoms with van der Waals surface area (Å²) in [6.07, 6.45) is 1.75. The van der Waals surface area contributed by atoms with E-state index in [2.05, 4.69) is 109 Å². The van der Waals surface area contributed by atoms with Gasteiger partial charge in [-0.05, 0) is 86.3 Å². The van der Waals surface area contributed by atoms with Crippen molar-refractivity contribution in [3.8, 4) is 22.3 Å². The molecule has 3 heteroatoms. The number of hydrogen-bond donors (Lipinski definition) is 0. The minimum absolute atomic E-state index is 0.872. The Morgan fingerprint density at radius 1 is 0.395 bits per heavy atom. The first-order chi connectivity index (χ1) is 21.3. The van der Waals surface area contributed by atoms with Crippen molar-refractivity contribution < 1.29 is 8.83 Å². The fourth-order valence-electron chi connectivity index (χ4n) is 7.11. The van der Waals surface area contributed by atoms with Gasteiger partial charge in [-0.3, -0.25) is 0 Å². The van der Waals surface area contributed by atoms with Crippen LogP contribution in [0.4, 0.5) is 0 Å². The van der Waals surface area contributed by atoms with E-state index in [0.717, 1.165) is 32.9 Å². The molecule has 0 N–H and O–H groups in total. The molecule has 10 aromatic rings. The summed E-state index contributed by atoms with van der Waals surface area (Å²) in [6, 6.07) is 46.0. The van der Waals surface area contributed by atoms with Crippen molar-refractivity contribution in [1.82, 2.24) is 0 Å². The van der Waals surface area contributed by atoms with Gasteiger partial charge < -0.3 is 8.83 Å². The highest BCUT2D eigenvalue weighted by atomic mass is 32.1. The SMILES string of the molecule is c1ccc2c(c1)sc1cc(-c3c4ccccc4c(-c4ccc5oc6ccc7occc7c6c5c4)c4ccccc34)ccc12. The van der Waals surface area contributed by atoms with Crippen molar-refractivity contribution in [3.63, 3.8) is 0 Å². The second-order valence-electron chi connectivity index (χ2n) is 11.2. The first-order valence-electron chi connectivity index (χ1n) is 14.5. The summed E-state index contributed by atoms with van der Waals surface area (Å²) in [7, 11) is 0. The molecule has 200 valence electrons. The largest absolute Gasteiger partial charge is 0.464 e. The highest BCUT2D eigenvalue weighted by molar-refractivity contribution is 7.25. The van der Waals surface area contributed by atoms with Crippen molar-refractivity contribution in [2.45, 2.75) is 0 Å². The smallest absolute Gasteiger partial charge is 0.136 e. The lowest BCUT2D eigenvalue weighted by Crippen LogP contribution is -1.90. The van der Waals surface area contributed by atoms with Gasteiger partial charge in [0.1, 0.15) is 16.7 Å². The predicted octanol–water partition coefficient (Wildman–Crippen LogP) is 12.3. The van der Waals surface area contributed by atoms with Crippen LogP contribution >= 0.6 is 11.3 Å². The van der Waals surface area contributed by atoms with Crippen LogP contribution in [0.25, 0.3) is 96.9 Å². The zero-order valence-corrected chi connectivity index (χ0v) is 23.7. The van der Waals surface area contributed by atoms with E-state index in [1.807, 2.05) is 29.5 Å². The molecule has 0 radical (unpaired) electrons. The van der Waals surface area contributed by atoms with Gasteiger partial charge in [0.25, 0.3) is 0 Å². The molecule has 43 heavy (non-hydrogen) atoms. The third kappa shape index (κ3) is 3.23. The Labute approximate surface area is 250 Å². The molecule has 10 rings (SSSR count). The fraction of sp³-hybridized carbons (Fsp3) is 0. The van der Waals surface area contributed by atoms with E-state index in [-0.39, 0.29) is 0 Å². The average molecular weight is 567 g/mol. The van der Waals surface area contributed by atoms with Gasteiger partial charge in [-0.15, -0.1) is 11.3 Å². The Balaban J connectivity index is 1.29. The van der Waals surface area contributed by atoms with Crippen molar-refractivity contribution in [3.05, 3.63) is 134 Å². The summed E-state index contributed by atoms with van der Waals surface area (Å²) in [5.74, 6) is 0. The van der Waals surface area contributed by atoms with Gasteiger partial charge in [0.15, 0.2) is 0 Å². The monoisotopic (exact) mass is 566 g/mol. The summed E-state index contributed by atoms with van der Waals surface area (Å²) in [5, 5.41) is 10.9. The molecule has 2 nitrogen and oxygen atoms in total. The first-order valence-corrected chi connectivity index (χ1v) is 15.3. The molecule has 0 atom stereocenters. The Morgan fingerprint density at radius 2 is 0.977 bits per heavy atom. The van der Waals surface area contributed by atoms with Crippen LogP contribution < -0.4 is 0 Å². The lowest BCUT2D eigenvalue weighted by molar-refractivity contribution is 0.615. The molecule has 0 spiro atoms. The molecule has 0 fully saturated rings. The summed E-state index contributed by atoms with van der Waals surface area (Å²) < 4.78 is 14.7. The van der Waals surface area contributed by atoms with E-state index >= 15 is 0 Å². The van der Waals surface area contributed by atoms with Crippen LogP contribution in [0.15, 0.2) is 142 Å². The molecule has 3 aromatic heterocycles. The topological polar surface area (TPSA) is 26.3 Å². The summed E-state index contributed by atoms with van der Waals surface area (Å²) >= 11 is 1.87. The van der Waals surface area contributed by atoms with E-state index in [4.69, 9.17) is 8.83 Å². The zero-order valence-electron chi connectivity index (χ0n) is 22.9. The number of rotatable bonds is 2. The molecule has 0 saturated carbocycles. The van der Waals surface area contributed by atoms with Gasteiger partial charge in [-0.25, -0.2) is 0 Å². The van der Waals surface area contributed by atoms with Gasteiger partial charge in [-0.2, -0.15) is 0 Å². The Morgan fingerprint density at radius 3 is 1.72 bits per heavy atom. The highest BCUT2D eigenvalue weighted by Gasteiger charge is 2.19. The second-order valence-corrected chi connectivity index (χ2v) is 12.3. The van der Waals surface area contributed by atoms with Crippen LogP contribution in [0.2, 0.25) is 0 Å². The normalized spacial score (nSPS) is 12.2. The van der Waals surface area contributed by atoms with Gasteiger partial charge in [0, 0.05) is 36.3 Å². The van der Waals surface area contributed by atoms with Crippen LogP contribution in [-0.4, -0.2) is 0 Å². The van der Waals surface area contributed by atoms with Crippen LogP contribution in [-0.2, 0) is 0 Å². The third-order valence-electron chi connectivity index (χ3n) is 8.95. The van der Waals surface area contributed by atoms with E-state index in [1.54, 1.807) is 6.26 Å². The highest BCUT2D eigenvalue weighted by Crippen LogP contribution is 2.46. The van der Waals surface area contributed by atoms with Crippen molar-refractivity contribution >= 4 is 86.0 Å². The minimum atomic E-state index is 0.872. The molecular formula is C40H22O2S. The number of thiophene rings is 1. The molecule has 7 aromatic carbocycles. The van der Waals surface area contributed by atoms with Crippen molar-refractivity contribution in [2.24, 2.45) is 0 Å². The summed E-state index contributed by atoms with van der Waals surface area (Å²) in [5.41, 5.74) is 7.58. The average Bonchev–Trinajstić information content (AvgIpc) is 3.77. The molecule has 0 bridgehead atoms. The van der Waals surface area contributed by atoms with E-state index in [9.17, 15) is 0 Å². The first kappa shape index (κ1) is 23.2. The Bertz CT molecular complexity index is 2680. The molecule has 0 unspecified atom stereocenters. The van der Waals surface area contributed by atoms with Gasteiger partial charge in [-0.1, -0.05) is 84.9 Å². The number of benzene rings is 7. The molecule has 0 saturated heterocycles. The molecule has 0 aliphatic rings. The maximum atomic E-state index is 6.29. The number of hydrogen-bond acceptors (Lipinski definition) is 3. The fourth-order valence-corrected chi connectivity index (χ4v) is 8.25. The van der Waals surface area contributed by atoms with Gasteiger partial charge in [0.2, 0.25) is 0 Å². The minimum Gasteiger partial charge on any atom is -0.464 e. The van der Waals surface area contributed by atoms with E-state index < -0.39 is 0 Å². The van der Waals surface area contributed by atoms with E-state index in [1.165, 1.54) is 64.0 Å². The van der Waals surface area contributed by atoms with E-state index in [0.29, 0.717) is 0 Å². The lowest BCUT2D eigenvalue weighted by atomic mass is 9.85. The molecule has 0 amide bonds. The second kappa shape index (κ2) is 8.57. The van der Waals surface area contributed by atoms with Gasteiger partial charge >= 0.3 is 0 Å². The standard InChI is InChI=1S/C40H22O2S/c1-3-10-29-27(8-1)38(23-14-16-34-32(21-23)40-31-19-20-41-33(31)17-18-35(40)42-34)28-9-2-4-11-30(28)39(29)24-13-15-26-25-7-5-6-12-36(25)43-37(26)22-24/h1-22H. The molecule has 0 aliphatic heterocycles. The Hall–Kier alpha value is -5.38. The predicted molar refractivity (Wildman–Crippen MR) is 182 cm³/mol. The molecular weight excluding hydrogens is 545 g/mol. The quantitative estimate of drug-likeness (QED) is 0.195. The van der Waals surface area contributed by atoms with Gasteiger partial charge in [0.05, 0.1) is 6.26 Å². The van der Waals surface area contributed by atoms with Crippen molar-refractivity contribution in [1.29, 1.82) is 0 Å². The maximum Gasteiger partial charge on any atom is 0.136 e. The van der Waals surface area contributed by atoms with Crippen molar-refractivity contribution in [2.75, 3.05) is 0 Å². The van der Waals surface area contributed by atoms with Crippen LogP contribution in [0.5, 0.6) is 0 Å². The molecule has 3 heterocycles. The van der Waals surface area contributed by atoms with Crippen LogP contribution in [0, 0.1) is 0 Å². The van der Waals surface area contributed by atoms with Crippen LogP contribution in [0.3, 0.4) is 0 Å². The number of fused-ring (bicyclic) bond motifs is 10. The number of furan rings is 2. The maximum absolute atomic E-state index is 6.29. The zero-order chi connectivity index (χ0) is 28.1. The third-order valence-corrected chi connectivity index (χ3v) is 10.1.